The first kappa shape index (κ1) is 18.1. The van der Waals surface area contributed by atoms with Gasteiger partial charge in [-0.1, -0.05) is 88.7 Å². The minimum atomic E-state index is -0.260. The van der Waals surface area contributed by atoms with Crippen molar-refractivity contribution in [2.24, 2.45) is 9.98 Å². The number of hydrogen-bond acceptors (Lipinski definition) is 2. The maximum atomic E-state index is 4.82. The average Bonchev–Trinajstić information content (AvgIpc) is 2.70. The standard InChI is InChI=1S/C22H20BrN3/c1-24-21(18-11-6-3-7-12-18)26-22(19-13-8-14-20(23)15-19)25-16-17-9-4-2-5-10-17/h2-15,21H,1,16H2,(H,25,26). The fraction of sp³-hybridized carbons (Fsp3) is 0.0909. The normalized spacial score (nSPS) is 12.4. The van der Waals surface area contributed by atoms with E-state index in [1.54, 1.807) is 0 Å². The topological polar surface area (TPSA) is 36.8 Å². The molecule has 0 spiro atoms. The van der Waals surface area contributed by atoms with E-state index in [0.29, 0.717) is 6.54 Å². The van der Waals surface area contributed by atoms with Crippen molar-refractivity contribution in [3.63, 3.8) is 0 Å². The molecular formula is C22H20BrN3. The van der Waals surface area contributed by atoms with Crippen LogP contribution < -0.4 is 5.32 Å². The molecule has 0 radical (unpaired) electrons. The van der Waals surface area contributed by atoms with Gasteiger partial charge in [-0.3, -0.25) is 9.98 Å². The van der Waals surface area contributed by atoms with Crippen LogP contribution >= 0.6 is 15.9 Å². The average molecular weight is 406 g/mol. The molecular weight excluding hydrogens is 386 g/mol. The maximum Gasteiger partial charge on any atom is 0.145 e. The summed E-state index contributed by atoms with van der Waals surface area (Å²) in [6.45, 7) is 4.33. The molecule has 0 fully saturated rings. The molecule has 1 atom stereocenters. The highest BCUT2D eigenvalue weighted by Crippen LogP contribution is 2.17. The minimum Gasteiger partial charge on any atom is -0.345 e. The summed E-state index contributed by atoms with van der Waals surface area (Å²) >= 11 is 3.54. The lowest BCUT2D eigenvalue weighted by molar-refractivity contribution is 0.686. The lowest BCUT2D eigenvalue weighted by Crippen LogP contribution is -2.28. The molecule has 4 heteroatoms. The van der Waals surface area contributed by atoms with E-state index in [4.69, 9.17) is 4.99 Å². The Bertz CT molecular complexity index is 876. The first-order valence-corrected chi connectivity index (χ1v) is 9.17. The fourth-order valence-corrected chi connectivity index (χ4v) is 3.01. The van der Waals surface area contributed by atoms with E-state index in [1.807, 2.05) is 72.8 Å². The summed E-state index contributed by atoms with van der Waals surface area (Å²) in [5.74, 6) is 0.788. The van der Waals surface area contributed by atoms with Crippen LogP contribution in [-0.4, -0.2) is 12.6 Å². The van der Waals surface area contributed by atoms with Crippen LogP contribution in [-0.2, 0) is 6.54 Å². The van der Waals surface area contributed by atoms with Crippen LogP contribution in [0.3, 0.4) is 0 Å². The molecule has 1 unspecified atom stereocenters. The van der Waals surface area contributed by atoms with Gasteiger partial charge in [0, 0.05) is 10.0 Å². The highest BCUT2D eigenvalue weighted by molar-refractivity contribution is 9.10. The zero-order valence-corrected chi connectivity index (χ0v) is 15.9. The van der Waals surface area contributed by atoms with Crippen molar-refractivity contribution in [3.05, 3.63) is 106 Å². The third kappa shape index (κ3) is 4.90. The Morgan fingerprint density at radius 3 is 2.27 bits per heavy atom. The van der Waals surface area contributed by atoms with Crippen LogP contribution in [0.2, 0.25) is 0 Å². The highest BCUT2D eigenvalue weighted by Gasteiger charge is 2.12. The Morgan fingerprint density at radius 1 is 0.923 bits per heavy atom. The van der Waals surface area contributed by atoms with Crippen molar-refractivity contribution in [2.45, 2.75) is 12.7 Å². The van der Waals surface area contributed by atoms with E-state index in [2.05, 4.69) is 45.1 Å². The molecule has 0 aliphatic carbocycles. The molecule has 3 nitrogen and oxygen atoms in total. The van der Waals surface area contributed by atoms with Crippen LogP contribution in [0.15, 0.2) is 99.4 Å². The SMILES string of the molecule is C=NC(NC(=NCc1ccccc1)c1cccc(Br)c1)c1ccccc1. The second-order valence-electron chi connectivity index (χ2n) is 5.80. The molecule has 3 rings (SSSR count). The van der Waals surface area contributed by atoms with E-state index >= 15 is 0 Å². The third-order valence-corrected chi connectivity index (χ3v) is 4.43. The molecule has 3 aromatic carbocycles. The number of rotatable bonds is 6. The van der Waals surface area contributed by atoms with Gasteiger partial charge >= 0.3 is 0 Å². The molecule has 130 valence electrons. The smallest absolute Gasteiger partial charge is 0.145 e. The first-order chi connectivity index (χ1) is 12.8. The Labute approximate surface area is 162 Å². The Morgan fingerprint density at radius 2 is 1.62 bits per heavy atom. The lowest BCUT2D eigenvalue weighted by atomic mass is 10.1. The monoisotopic (exact) mass is 405 g/mol. The van der Waals surface area contributed by atoms with Crippen LogP contribution in [0.4, 0.5) is 0 Å². The van der Waals surface area contributed by atoms with Gasteiger partial charge in [-0.2, -0.15) is 0 Å². The Kier molecular flexibility index (Phi) is 6.34. The van der Waals surface area contributed by atoms with Crippen LogP contribution in [0.5, 0.6) is 0 Å². The Hall–Kier alpha value is -2.72. The molecule has 0 bridgehead atoms. The van der Waals surface area contributed by atoms with Crippen molar-refractivity contribution < 1.29 is 0 Å². The van der Waals surface area contributed by atoms with E-state index in [0.717, 1.165) is 27.0 Å². The second-order valence-corrected chi connectivity index (χ2v) is 6.72. The summed E-state index contributed by atoms with van der Waals surface area (Å²) in [6, 6.07) is 28.3. The van der Waals surface area contributed by atoms with Crippen LogP contribution in [0.1, 0.15) is 22.9 Å². The molecule has 0 aliphatic rings. The van der Waals surface area contributed by atoms with Crippen LogP contribution in [0.25, 0.3) is 0 Å². The summed E-state index contributed by atoms with van der Waals surface area (Å²) in [5.41, 5.74) is 3.20. The summed E-state index contributed by atoms with van der Waals surface area (Å²) in [4.78, 5) is 9.06. The molecule has 0 amide bonds. The predicted octanol–water partition coefficient (Wildman–Crippen LogP) is 5.38. The molecule has 0 heterocycles. The van der Waals surface area contributed by atoms with E-state index in [-0.39, 0.29) is 6.17 Å². The molecule has 0 saturated heterocycles. The maximum absolute atomic E-state index is 4.82. The van der Waals surface area contributed by atoms with Gasteiger partial charge < -0.3 is 5.32 Å². The summed E-state index contributed by atoms with van der Waals surface area (Å²) in [7, 11) is 0. The summed E-state index contributed by atoms with van der Waals surface area (Å²) in [5, 5.41) is 3.43. The van der Waals surface area contributed by atoms with Crippen molar-refractivity contribution in [2.75, 3.05) is 0 Å². The zero-order chi connectivity index (χ0) is 18.2. The number of aliphatic imine (C=N–C) groups is 2. The third-order valence-electron chi connectivity index (χ3n) is 3.93. The molecule has 0 saturated carbocycles. The Balaban J connectivity index is 1.90. The first-order valence-electron chi connectivity index (χ1n) is 8.38. The second kappa shape index (κ2) is 9.11. The summed E-state index contributed by atoms with van der Waals surface area (Å²) < 4.78 is 1.01. The summed E-state index contributed by atoms with van der Waals surface area (Å²) in [6.07, 6.45) is -0.260. The number of hydrogen-bond donors (Lipinski definition) is 1. The quantitative estimate of drug-likeness (QED) is 0.433. The predicted molar refractivity (Wildman–Crippen MR) is 113 cm³/mol. The molecule has 1 N–H and O–H groups in total. The lowest BCUT2D eigenvalue weighted by Gasteiger charge is -2.18. The van der Waals surface area contributed by atoms with Gasteiger partial charge in [0.1, 0.15) is 12.0 Å². The fourth-order valence-electron chi connectivity index (χ4n) is 2.61. The highest BCUT2D eigenvalue weighted by atomic mass is 79.9. The van der Waals surface area contributed by atoms with Gasteiger partial charge in [-0.05, 0) is 30.0 Å². The van der Waals surface area contributed by atoms with Crippen molar-refractivity contribution in [3.8, 4) is 0 Å². The van der Waals surface area contributed by atoms with Gasteiger partial charge in [-0.15, -0.1) is 0 Å². The largest absolute Gasteiger partial charge is 0.345 e. The molecule has 0 aliphatic heterocycles. The van der Waals surface area contributed by atoms with Gasteiger partial charge in [0.15, 0.2) is 0 Å². The van der Waals surface area contributed by atoms with Gasteiger partial charge in [0.05, 0.1) is 6.54 Å². The zero-order valence-electron chi connectivity index (χ0n) is 14.3. The van der Waals surface area contributed by atoms with E-state index in [9.17, 15) is 0 Å². The number of nitrogens with zero attached hydrogens (tertiary/aromatic N) is 2. The van der Waals surface area contributed by atoms with Gasteiger partial charge in [0.2, 0.25) is 0 Å². The van der Waals surface area contributed by atoms with Crippen molar-refractivity contribution in [1.82, 2.24) is 5.32 Å². The van der Waals surface area contributed by atoms with E-state index < -0.39 is 0 Å². The minimum absolute atomic E-state index is 0.260. The van der Waals surface area contributed by atoms with Crippen molar-refractivity contribution >= 4 is 28.5 Å². The molecule has 0 aromatic heterocycles. The number of amidine groups is 1. The number of benzene rings is 3. The van der Waals surface area contributed by atoms with Crippen molar-refractivity contribution in [1.29, 1.82) is 0 Å². The van der Waals surface area contributed by atoms with Gasteiger partial charge in [0.25, 0.3) is 0 Å². The molecule has 3 aromatic rings. The number of nitrogens with one attached hydrogen (secondary N) is 1. The van der Waals surface area contributed by atoms with E-state index in [1.165, 1.54) is 0 Å². The number of halogens is 1. The van der Waals surface area contributed by atoms with Gasteiger partial charge in [-0.25, -0.2) is 0 Å². The van der Waals surface area contributed by atoms with Crippen LogP contribution in [0, 0.1) is 0 Å². The molecule has 26 heavy (non-hydrogen) atoms.